The average molecular weight is 250 g/mol. The molecular weight excluding hydrogens is 220 g/mol. The van der Waals surface area contributed by atoms with Gasteiger partial charge >= 0.3 is 0 Å². The molecule has 0 aliphatic heterocycles. The highest BCUT2D eigenvalue weighted by molar-refractivity contribution is 5.07. The van der Waals surface area contributed by atoms with Gasteiger partial charge < -0.3 is 11.1 Å². The number of nitrogens with one attached hydrogen (secondary N) is 1. The molecule has 0 saturated heterocycles. The van der Waals surface area contributed by atoms with Gasteiger partial charge in [0.25, 0.3) is 0 Å². The molecule has 1 fully saturated rings. The summed E-state index contributed by atoms with van der Waals surface area (Å²) in [7, 11) is 0. The number of hydrogen-bond donors (Lipinski definition) is 2. The van der Waals surface area contributed by atoms with Crippen molar-refractivity contribution in [3.05, 3.63) is 24.6 Å². The fourth-order valence-electron chi connectivity index (χ4n) is 2.41. The lowest BCUT2D eigenvalue weighted by Crippen LogP contribution is -2.16. The van der Waals surface area contributed by atoms with Crippen molar-refractivity contribution in [2.75, 3.05) is 6.54 Å². The van der Waals surface area contributed by atoms with Crippen LogP contribution in [0.4, 0.5) is 0 Å². The number of unbranched alkanes of at least 4 members (excludes halogenated alkanes) is 1. The molecular formula is C16H30N2. The van der Waals surface area contributed by atoms with Gasteiger partial charge in [0.15, 0.2) is 0 Å². The number of nitrogens with two attached hydrogens (primary N) is 1. The van der Waals surface area contributed by atoms with Gasteiger partial charge in [-0.15, -0.1) is 0 Å². The van der Waals surface area contributed by atoms with E-state index in [2.05, 4.69) is 31.8 Å². The summed E-state index contributed by atoms with van der Waals surface area (Å²) in [6.07, 6.45) is 11.6. The second kappa shape index (κ2) is 8.23. The monoisotopic (exact) mass is 250 g/mol. The molecule has 2 nitrogen and oxygen atoms in total. The highest BCUT2D eigenvalue weighted by atomic mass is 14.8. The first-order valence-electron chi connectivity index (χ1n) is 7.45. The van der Waals surface area contributed by atoms with Crippen molar-refractivity contribution >= 4 is 0 Å². The van der Waals surface area contributed by atoms with E-state index in [0.717, 1.165) is 36.4 Å². The summed E-state index contributed by atoms with van der Waals surface area (Å²) in [6.45, 7) is 9.39. The topological polar surface area (TPSA) is 38.0 Å². The molecule has 0 bridgehead atoms. The minimum atomic E-state index is 0.725. The van der Waals surface area contributed by atoms with Crippen molar-refractivity contribution in [3.63, 3.8) is 0 Å². The van der Waals surface area contributed by atoms with Gasteiger partial charge in [0, 0.05) is 12.2 Å². The van der Waals surface area contributed by atoms with Crippen LogP contribution in [0.15, 0.2) is 24.6 Å². The molecule has 104 valence electrons. The Kier molecular flexibility index (Phi) is 6.92. The zero-order chi connectivity index (χ0) is 13.4. The molecule has 0 aromatic heterocycles. The van der Waals surface area contributed by atoms with E-state index in [4.69, 9.17) is 5.73 Å². The van der Waals surface area contributed by atoms with Gasteiger partial charge in [-0.05, 0) is 62.5 Å². The van der Waals surface area contributed by atoms with Gasteiger partial charge in [-0.1, -0.05) is 26.5 Å². The van der Waals surface area contributed by atoms with E-state index in [9.17, 15) is 0 Å². The SMILES string of the molecule is C=CNCCC(CCC/C=C(\N)C1CC1)C(C)C. The Balaban J connectivity index is 2.15. The average Bonchev–Trinajstić information content (AvgIpc) is 3.15. The van der Waals surface area contributed by atoms with Gasteiger partial charge in [-0.3, -0.25) is 0 Å². The minimum absolute atomic E-state index is 0.725. The Hall–Kier alpha value is -0.920. The molecule has 0 amide bonds. The highest BCUT2D eigenvalue weighted by Crippen LogP contribution is 2.34. The lowest BCUT2D eigenvalue weighted by molar-refractivity contribution is 0.329. The quantitative estimate of drug-likeness (QED) is 0.579. The number of hydrogen-bond acceptors (Lipinski definition) is 2. The Morgan fingerprint density at radius 2 is 2.11 bits per heavy atom. The summed E-state index contributed by atoms with van der Waals surface area (Å²) in [4.78, 5) is 0. The van der Waals surface area contributed by atoms with Crippen LogP contribution in [0.1, 0.15) is 52.4 Å². The van der Waals surface area contributed by atoms with Crippen molar-refractivity contribution in [2.24, 2.45) is 23.5 Å². The van der Waals surface area contributed by atoms with E-state index in [0.29, 0.717) is 0 Å². The van der Waals surface area contributed by atoms with Crippen molar-refractivity contribution in [1.29, 1.82) is 0 Å². The molecule has 0 radical (unpaired) electrons. The maximum atomic E-state index is 5.99. The first-order chi connectivity index (χ1) is 8.65. The molecule has 1 atom stereocenters. The Morgan fingerprint density at radius 3 is 2.67 bits per heavy atom. The molecule has 2 heteroatoms. The van der Waals surface area contributed by atoms with Gasteiger partial charge in [-0.2, -0.15) is 0 Å². The smallest absolute Gasteiger partial charge is 0.0144 e. The lowest BCUT2D eigenvalue weighted by Gasteiger charge is -2.20. The Bertz CT molecular complexity index is 264. The molecule has 0 aromatic rings. The van der Waals surface area contributed by atoms with Crippen LogP contribution in [-0.2, 0) is 0 Å². The molecule has 1 aliphatic carbocycles. The molecule has 1 rings (SSSR count). The van der Waals surface area contributed by atoms with Crippen LogP contribution in [0.25, 0.3) is 0 Å². The first kappa shape index (κ1) is 15.1. The van der Waals surface area contributed by atoms with E-state index >= 15 is 0 Å². The summed E-state index contributed by atoms with van der Waals surface area (Å²) in [5.41, 5.74) is 7.14. The van der Waals surface area contributed by atoms with Crippen LogP contribution in [0, 0.1) is 17.8 Å². The number of allylic oxidation sites excluding steroid dienone is 2. The molecule has 0 heterocycles. The molecule has 1 unspecified atom stereocenters. The van der Waals surface area contributed by atoms with Crippen molar-refractivity contribution in [3.8, 4) is 0 Å². The summed E-state index contributed by atoms with van der Waals surface area (Å²) in [5.74, 6) is 2.30. The normalized spacial score (nSPS) is 17.8. The molecule has 1 aliphatic rings. The van der Waals surface area contributed by atoms with E-state index in [1.54, 1.807) is 6.20 Å². The lowest BCUT2D eigenvalue weighted by atomic mass is 9.87. The van der Waals surface area contributed by atoms with Gasteiger partial charge in [0.1, 0.15) is 0 Å². The first-order valence-corrected chi connectivity index (χ1v) is 7.45. The Morgan fingerprint density at radius 1 is 1.39 bits per heavy atom. The van der Waals surface area contributed by atoms with Crippen LogP contribution in [-0.4, -0.2) is 6.54 Å². The third-order valence-electron chi connectivity index (χ3n) is 3.95. The molecule has 18 heavy (non-hydrogen) atoms. The van der Waals surface area contributed by atoms with Gasteiger partial charge in [-0.25, -0.2) is 0 Å². The van der Waals surface area contributed by atoms with Crippen LogP contribution in [0.2, 0.25) is 0 Å². The van der Waals surface area contributed by atoms with Crippen LogP contribution >= 0.6 is 0 Å². The Labute approximate surface area is 113 Å². The van der Waals surface area contributed by atoms with E-state index in [1.807, 2.05) is 0 Å². The van der Waals surface area contributed by atoms with Crippen LogP contribution < -0.4 is 11.1 Å². The van der Waals surface area contributed by atoms with Crippen molar-refractivity contribution < 1.29 is 0 Å². The van der Waals surface area contributed by atoms with Crippen LogP contribution in [0.5, 0.6) is 0 Å². The van der Waals surface area contributed by atoms with Crippen molar-refractivity contribution in [1.82, 2.24) is 5.32 Å². The second-order valence-electron chi connectivity index (χ2n) is 5.86. The minimum Gasteiger partial charge on any atom is -0.402 e. The number of rotatable bonds is 10. The third-order valence-corrected chi connectivity index (χ3v) is 3.95. The maximum absolute atomic E-state index is 5.99. The van der Waals surface area contributed by atoms with E-state index in [-0.39, 0.29) is 0 Å². The zero-order valence-corrected chi connectivity index (χ0v) is 12.1. The summed E-state index contributed by atoms with van der Waals surface area (Å²) >= 11 is 0. The fourth-order valence-corrected chi connectivity index (χ4v) is 2.41. The fraction of sp³-hybridized carbons (Fsp3) is 0.750. The zero-order valence-electron chi connectivity index (χ0n) is 12.1. The third kappa shape index (κ3) is 6.13. The molecule has 1 saturated carbocycles. The van der Waals surface area contributed by atoms with Gasteiger partial charge in [0.2, 0.25) is 0 Å². The van der Waals surface area contributed by atoms with E-state index in [1.165, 1.54) is 32.1 Å². The predicted octanol–water partition coefficient (Wildman–Crippen LogP) is 3.80. The maximum Gasteiger partial charge on any atom is 0.0144 e. The van der Waals surface area contributed by atoms with Gasteiger partial charge in [0.05, 0.1) is 0 Å². The van der Waals surface area contributed by atoms with Crippen molar-refractivity contribution in [2.45, 2.75) is 52.4 Å². The molecule has 3 N–H and O–H groups in total. The van der Waals surface area contributed by atoms with E-state index < -0.39 is 0 Å². The standard InChI is InChI=1S/C16H30N2/c1-4-18-12-11-14(13(2)3)7-5-6-8-16(17)15-9-10-15/h4,8,13-15,18H,1,5-7,9-12,17H2,2-3H3/b16-8-. The van der Waals surface area contributed by atoms with Crippen LogP contribution in [0.3, 0.4) is 0 Å². The molecule has 0 aromatic carbocycles. The summed E-state index contributed by atoms with van der Waals surface area (Å²) in [5, 5.41) is 3.20. The summed E-state index contributed by atoms with van der Waals surface area (Å²) in [6, 6.07) is 0. The largest absolute Gasteiger partial charge is 0.402 e. The highest BCUT2D eigenvalue weighted by Gasteiger charge is 2.23. The predicted molar refractivity (Wildman–Crippen MR) is 80.0 cm³/mol. The summed E-state index contributed by atoms with van der Waals surface area (Å²) < 4.78 is 0. The molecule has 0 spiro atoms. The second-order valence-corrected chi connectivity index (χ2v) is 5.86.